The molecule has 0 unspecified atom stereocenters. The van der Waals surface area contributed by atoms with Crippen LogP contribution in [0.1, 0.15) is 33.2 Å². The molecule has 0 aliphatic heterocycles. The van der Waals surface area contributed by atoms with Gasteiger partial charge in [-0.15, -0.1) is 0 Å². The van der Waals surface area contributed by atoms with E-state index in [0.29, 0.717) is 22.5 Å². The maximum absolute atomic E-state index is 12.8. The minimum absolute atomic E-state index is 0.253. The van der Waals surface area contributed by atoms with Gasteiger partial charge < -0.3 is 18.8 Å². The van der Waals surface area contributed by atoms with Crippen molar-refractivity contribution >= 4 is 22.8 Å². The molecule has 0 radical (unpaired) electrons. The lowest BCUT2D eigenvalue weighted by molar-refractivity contribution is -0.138. The van der Waals surface area contributed by atoms with Crippen molar-refractivity contribution in [1.29, 1.82) is 0 Å². The maximum atomic E-state index is 12.8. The zero-order chi connectivity index (χ0) is 24.9. The van der Waals surface area contributed by atoms with Gasteiger partial charge in [0.2, 0.25) is 6.10 Å². The summed E-state index contributed by atoms with van der Waals surface area (Å²) in [6.45, 7) is 2.10. The van der Waals surface area contributed by atoms with E-state index in [9.17, 15) is 14.4 Å². The molecule has 1 heterocycles. The standard InChI is InChI=1S/C28H25NO6/c1-18-15-25(30)34-24-16-22(13-14-23(18)24)33-17-19-9-11-21(12-10-19)28(32)35-26(27(31)29(2)3)20-7-5-4-6-8-20/h4-16,26H,17H2,1-3H3/t26-/m1/s1. The molecule has 0 aliphatic rings. The molecule has 0 spiro atoms. The Hall–Kier alpha value is -4.39. The van der Waals surface area contributed by atoms with E-state index in [0.717, 1.165) is 16.5 Å². The van der Waals surface area contributed by atoms with Crippen LogP contribution in [0.2, 0.25) is 0 Å². The number of hydrogen-bond donors (Lipinski definition) is 0. The number of hydrogen-bond acceptors (Lipinski definition) is 6. The van der Waals surface area contributed by atoms with Crippen molar-refractivity contribution in [3.63, 3.8) is 0 Å². The molecular weight excluding hydrogens is 446 g/mol. The highest BCUT2D eigenvalue weighted by molar-refractivity contribution is 5.92. The lowest BCUT2D eigenvalue weighted by atomic mass is 10.1. The Labute approximate surface area is 202 Å². The smallest absolute Gasteiger partial charge is 0.339 e. The average molecular weight is 472 g/mol. The van der Waals surface area contributed by atoms with Crippen LogP contribution in [-0.2, 0) is 16.1 Å². The van der Waals surface area contributed by atoms with Crippen LogP contribution in [0.25, 0.3) is 11.0 Å². The number of amides is 1. The molecule has 7 nitrogen and oxygen atoms in total. The van der Waals surface area contributed by atoms with Gasteiger partial charge in [-0.1, -0.05) is 42.5 Å². The van der Waals surface area contributed by atoms with Crippen molar-refractivity contribution in [2.24, 2.45) is 0 Å². The van der Waals surface area contributed by atoms with Gasteiger partial charge >= 0.3 is 11.6 Å². The molecule has 4 rings (SSSR count). The van der Waals surface area contributed by atoms with Gasteiger partial charge in [0.1, 0.15) is 17.9 Å². The SMILES string of the molecule is Cc1cc(=O)oc2cc(OCc3ccc(C(=O)O[C@@H](C(=O)N(C)C)c4ccccc4)cc3)ccc12. The summed E-state index contributed by atoms with van der Waals surface area (Å²) in [5.74, 6) is -0.361. The Morgan fingerprint density at radius 2 is 1.66 bits per heavy atom. The van der Waals surface area contributed by atoms with Gasteiger partial charge in [0.25, 0.3) is 5.91 Å². The van der Waals surface area contributed by atoms with E-state index in [4.69, 9.17) is 13.9 Å². The van der Waals surface area contributed by atoms with E-state index >= 15 is 0 Å². The molecule has 7 heteroatoms. The van der Waals surface area contributed by atoms with Gasteiger partial charge in [-0.3, -0.25) is 4.79 Å². The number of fused-ring (bicyclic) bond motifs is 1. The summed E-state index contributed by atoms with van der Waals surface area (Å²) >= 11 is 0. The number of carbonyl (C=O) groups is 2. The van der Waals surface area contributed by atoms with E-state index in [-0.39, 0.29) is 12.5 Å². The molecule has 1 atom stereocenters. The highest BCUT2D eigenvalue weighted by Crippen LogP contribution is 2.24. The molecule has 0 fully saturated rings. The Morgan fingerprint density at radius 1 is 0.943 bits per heavy atom. The minimum Gasteiger partial charge on any atom is -0.489 e. The van der Waals surface area contributed by atoms with Crippen LogP contribution in [0.3, 0.4) is 0 Å². The summed E-state index contributed by atoms with van der Waals surface area (Å²) in [4.78, 5) is 38.4. The van der Waals surface area contributed by atoms with E-state index in [1.165, 1.54) is 11.0 Å². The highest BCUT2D eigenvalue weighted by atomic mass is 16.5. The van der Waals surface area contributed by atoms with Crippen LogP contribution >= 0.6 is 0 Å². The summed E-state index contributed by atoms with van der Waals surface area (Å²) in [5, 5.41) is 0.848. The fourth-order valence-electron chi connectivity index (χ4n) is 3.60. The van der Waals surface area contributed by atoms with Crippen molar-refractivity contribution < 1.29 is 23.5 Å². The van der Waals surface area contributed by atoms with Gasteiger partial charge in [-0.2, -0.15) is 0 Å². The first-order valence-corrected chi connectivity index (χ1v) is 11.0. The summed E-state index contributed by atoms with van der Waals surface area (Å²) < 4.78 is 16.7. The van der Waals surface area contributed by atoms with Crippen LogP contribution in [0.5, 0.6) is 5.75 Å². The van der Waals surface area contributed by atoms with Gasteiger partial charge in [-0.05, 0) is 42.3 Å². The third-order valence-electron chi connectivity index (χ3n) is 5.51. The Bertz CT molecular complexity index is 1410. The third kappa shape index (κ3) is 5.58. The number of nitrogens with zero attached hydrogens (tertiary/aromatic N) is 1. The van der Waals surface area contributed by atoms with E-state index in [1.807, 2.05) is 25.1 Å². The molecule has 0 aliphatic carbocycles. The zero-order valence-corrected chi connectivity index (χ0v) is 19.7. The highest BCUT2D eigenvalue weighted by Gasteiger charge is 2.27. The van der Waals surface area contributed by atoms with Crippen molar-refractivity contribution in [1.82, 2.24) is 4.90 Å². The number of esters is 1. The predicted molar refractivity (Wildman–Crippen MR) is 131 cm³/mol. The van der Waals surface area contributed by atoms with E-state index in [2.05, 4.69) is 0 Å². The molecular formula is C28H25NO6. The summed E-state index contributed by atoms with van der Waals surface area (Å²) in [7, 11) is 3.23. The molecule has 1 amide bonds. The molecule has 1 aromatic heterocycles. The van der Waals surface area contributed by atoms with Crippen LogP contribution in [0.15, 0.2) is 88.1 Å². The van der Waals surface area contributed by atoms with Gasteiger partial charge in [-0.25, -0.2) is 9.59 Å². The second kappa shape index (κ2) is 10.3. The second-order valence-electron chi connectivity index (χ2n) is 8.32. The normalized spacial score (nSPS) is 11.6. The van der Waals surface area contributed by atoms with E-state index in [1.54, 1.807) is 68.7 Å². The van der Waals surface area contributed by atoms with Crippen LogP contribution < -0.4 is 10.4 Å². The monoisotopic (exact) mass is 471 g/mol. The van der Waals surface area contributed by atoms with Crippen molar-refractivity contribution in [2.45, 2.75) is 19.6 Å². The fraction of sp³-hybridized carbons (Fsp3) is 0.179. The first kappa shape index (κ1) is 23.8. The number of ether oxygens (including phenoxy) is 2. The number of likely N-dealkylation sites (N-methyl/N-ethyl adjacent to an activating group) is 1. The van der Waals surface area contributed by atoms with Crippen molar-refractivity contribution in [3.05, 3.63) is 112 Å². The van der Waals surface area contributed by atoms with E-state index < -0.39 is 17.7 Å². The Morgan fingerprint density at radius 3 is 2.34 bits per heavy atom. The largest absolute Gasteiger partial charge is 0.489 e. The zero-order valence-electron chi connectivity index (χ0n) is 19.7. The molecule has 0 bridgehead atoms. The Kier molecular flexibility index (Phi) is 6.96. The van der Waals surface area contributed by atoms with Crippen LogP contribution in [0.4, 0.5) is 0 Å². The number of rotatable bonds is 7. The average Bonchev–Trinajstić information content (AvgIpc) is 2.86. The summed E-state index contributed by atoms with van der Waals surface area (Å²) in [6, 6.07) is 22.5. The van der Waals surface area contributed by atoms with Gasteiger partial charge in [0, 0.05) is 37.2 Å². The molecule has 3 aromatic carbocycles. The number of benzene rings is 3. The lowest BCUT2D eigenvalue weighted by Gasteiger charge is -2.21. The quantitative estimate of drug-likeness (QED) is 0.288. The number of aryl methyl sites for hydroxylation is 1. The van der Waals surface area contributed by atoms with Gasteiger partial charge in [0.05, 0.1) is 5.56 Å². The van der Waals surface area contributed by atoms with Crippen LogP contribution in [-0.4, -0.2) is 30.9 Å². The summed E-state index contributed by atoms with van der Waals surface area (Å²) in [6.07, 6.45) is -1.03. The van der Waals surface area contributed by atoms with Gasteiger partial charge in [0.15, 0.2) is 0 Å². The first-order chi connectivity index (χ1) is 16.8. The first-order valence-electron chi connectivity index (χ1n) is 11.0. The molecule has 0 saturated heterocycles. The topological polar surface area (TPSA) is 86.0 Å². The fourth-order valence-corrected chi connectivity index (χ4v) is 3.60. The number of carbonyl (C=O) groups excluding carboxylic acids is 2. The molecule has 35 heavy (non-hydrogen) atoms. The van der Waals surface area contributed by atoms with Crippen LogP contribution in [0, 0.1) is 6.92 Å². The summed E-state index contributed by atoms with van der Waals surface area (Å²) in [5.41, 5.74) is 2.65. The van der Waals surface area contributed by atoms with Crippen molar-refractivity contribution in [3.8, 4) is 5.75 Å². The maximum Gasteiger partial charge on any atom is 0.339 e. The molecule has 4 aromatic rings. The third-order valence-corrected chi connectivity index (χ3v) is 5.51. The second-order valence-corrected chi connectivity index (χ2v) is 8.32. The van der Waals surface area contributed by atoms with Crippen molar-refractivity contribution in [2.75, 3.05) is 14.1 Å². The Balaban J connectivity index is 1.43. The molecule has 0 saturated carbocycles. The molecule has 0 N–H and O–H groups in total. The minimum atomic E-state index is -1.03. The molecule has 178 valence electrons. The lowest BCUT2D eigenvalue weighted by Crippen LogP contribution is -2.31. The predicted octanol–water partition coefficient (Wildman–Crippen LogP) is 4.67.